The van der Waals surface area contributed by atoms with Crippen molar-refractivity contribution < 1.29 is 9.90 Å². The highest BCUT2D eigenvalue weighted by atomic mass is 16.3. The van der Waals surface area contributed by atoms with Gasteiger partial charge in [0.1, 0.15) is 5.75 Å². The van der Waals surface area contributed by atoms with Gasteiger partial charge in [-0.2, -0.15) is 0 Å². The predicted molar refractivity (Wildman–Crippen MR) is 70.3 cm³/mol. The normalized spacial score (nSPS) is 12.6. The van der Waals surface area contributed by atoms with Crippen molar-refractivity contribution in [1.82, 2.24) is 10.3 Å². The summed E-state index contributed by atoms with van der Waals surface area (Å²) in [6, 6.07) is 5.00. The van der Waals surface area contributed by atoms with E-state index in [2.05, 4.69) is 10.3 Å². The predicted octanol–water partition coefficient (Wildman–Crippen LogP) is 0.879. The molecule has 0 spiro atoms. The monoisotopic (exact) mass is 247 g/mol. The van der Waals surface area contributed by atoms with E-state index in [1.807, 2.05) is 6.92 Å². The van der Waals surface area contributed by atoms with E-state index in [4.69, 9.17) is 5.73 Å². The number of amides is 1. The summed E-state index contributed by atoms with van der Waals surface area (Å²) in [4.78, 5) is 14.7. The number of carbonyl (C=O) groups excluding carboxylic acids is 1. The summed E-state index contributed by atoms with van der Waals surface area (Å²) >= 11 is 0. The van der Waals surface area contributed by atoms with Gasteiger partial charge in [-0.1, -0.05) is 0 Å². The van der Waals surface area contributed by atoms with Gasteiger partial charge >= 0.3 is 0 Å². The molecule has 1 unspecified atom stereocenters. The molecule has 1 heterocycles. The fraction of sp³-hybridized carbons (Fsp3) is 0.308. The quantitative estimate of drug-likeness (QED) is 0.646. The first kappa shape index (κ1) is 12.4. The standard InChI is InChI=1S/C13H17N3O2/c1-8(14)6-16-13(18)4-9-7-15-12-5-10(17)2-3-11(9)12/h2-3,5,7-8,15,17H,4,6,14H2,1H3,(H,16,18). The number of nitrogens with one attached hydrogen (secondary N) is 2. The van der Waals surface area contributed by atoms with Crippen molar-refractivity contribution in [2.24, 2.45) is 5.73 Å². The van der Waals surface area contributed by atoms with Crippen molar-refractivity contribution in [2.75, 3.05) is 6.54 Å². The Morgan fingerprint density at radius 1 is 1.56 bits per heavy atom. The highest BCUT2D eigenvalue weighted by molar-refractivity contribution is 5.89. The van der Waals surface area contributed by atoms with Crippen LogP contribution in [-0.4, -0.2) is 28.6 Å². The molecule has 1 aromatic carbocycles. The zero-order valence-corrected chi connectivity index (χ0v) is 10.2. The Morgan fingerprint density at radius 3 is 3.06 bits per heavy atom. The van der Waals surface area contributed by atoms with Crippen LogP contribution in [0.1, 0.15) is 12.5 Å². The summed E-state index contributed by atoms with van der Waals surface area (Å²) in [6.07, 6.45) is 2.09. The highest BCUT2D eigenvalue weighted by Crippen LogP contribution is 2.22. The molecular formula is C13H17N3O2. The summed E-state index contributed by atoms with van der Waals surface area (Å²) in [5, 5.41) is 13.1. The Morgan fingerprint density at radius 2 is 2.33 bits per heavy atom. The first-order valence-electron chi connectivity index (χ1n) is 5.87. The molecule has 5 heteroatoms. The number of benzene rings is 1. The van der Waals surface area contributed by atoms with E-state index in [1.165, 1.54) is 0 Å². The number of phenols is 1. The number of aromatic nitrogens is 1. The van der Waals surface area contributed by atoms with Gasteiger partial charge in [-0.15, -0.1) is 0 Å². The molecule has 2 rings (SSSR count). The van der Waals surface area contributed by atoms with E-state index in [9.17, 15) is 9.90 Å². The third-order valence-electron chi connectivity index (χ3n) is 2.72. The van der Waals surface area contributed by atoms with Crippen molar-refractivity contribution in [3.63, 3.8) is 0 Å². The van der Waals surface area contributed by atoms with Gasteiger partial charge in [0.2, 0.25) is 5.91 Å². The molecule has 5 nitrogen and oxygen atoms in total. The second-order valence-corrected chi connectivity index (χ2v) is 4.50. The van der Waals surface area contributed by atoms with E-state index in [-0.39, 0.29) is 17.7 Å². The van der Waals surface area contributed by atoms with Crippen molar-refractivity contribution >= 4 is 16.8 Å². The minimum absolute atomic E-state index is 0.0473. The summed E-state index contributed by atoms with van der Waals surface area (Å²) < 4.78 is 0. The maximum atomic E-state index is 11.7. The van der Waals surface area contributed by atoms with E-state index in [0.717, 1.165) is 16.5 Å². The van der Waals surface area contributed by atoms with Crippen LogP contribution in [0.25, 0.3) is 10.9 Å². The van der Waals surface area contributed by atoms with Crippen molar-refractivity contribution in [3.8, 4) is 5.75 Å². The number of hydrogen-bond donors (Lipinski definition) is 4. The van der Waals surface area contributed by atoms with Crippen LogP contribution in [0, 0.1) is 0 Å². The molecule has 0 fully saturated rings. The Bertz CT molecular complexity index is 560. The summed E-state index contributed by atoms with van der Waals surface area (Å²) in [6.45, 7) is 2.32. The molecular weight excluding hydrogens is 230 g/mol. The third-order valence-corrected chi connectivity index (χ3v) is 2.72. The van der Waals surface area contributed by atoms with Gasteiger partial charge in [0.05, 0.1) is 6.42 Å². The minimum Gasteiger partial charge on any atom is -0.508 e. The van der Waals surface area contributed by atoms with Crippen LogP contribution >= 0.6 is 0 Å². The molecule has 5 N–H and O–H groups in total. The van der Waals surface area contributed by atoms with Crippen LogP contribution in [0.2, 0.25) is 0 Å². The van der Waals surface area contributed by atoms with Crippen molar-refractivity contribution in [3.05, 3.63) is 30.0 Å². The molecule has 18 heavy (non-hydrogen) atoms. The topological polar surface area (TPSA) is 91.1 Å². The van der Waals surface area contributed by atoms with Gasteiger partial charge in [-0.25, -0.2) is 0 Å². The van der Waals surface area contributed by atoms with E-state index in [0.29, 0.717) is 13.0 Å². The molecule has 96 valence electrons. The number of nitrogens with two attached hydrogens (primary N) is 1. The zero-order valence-electron chi connectivity index (χ0n) is 10.2. The van der Waals surface area contributed by atoms with Crippen LogP contribution in [0.3, 0.4) is 0 Å². The largest absolute Gasteiger partial charge is 0.508 e. The smallest absolute Gasteiger partial charge is 0.224 e. The number of fused-ring (bicyclic) bond motifs is 1. The van der Waals surface area contributed by atoms with Crippen LogP contribution in [-0.2, 0) is 11.2 Å². The number of hydrogen-bond acceptors (Lipinski definition) is 3. The Balaban J connectivity index is 2.10. The molecule has 1 aromatic heterocycles. The van der Waals surface area contributed by atoms with E-state index < -0.39 is 0 Å². The van der Waals surface area contributed by atoms with E-state index >= 15 is 0 Å². The van der Waals surface area contributed by atoms with Crippen LogP contribution in [0.4, 0.5) is 0 Å². The molecule has 2 aromatic rings. The summed E-state index contributed by atoms with van der Waals surface area (Å²) in [7, 11) is 0. The lowest BCUT2D eigenvalue weighted by atomic mass is 10.1. The fourth-order valence-electron chi connectivity index (χ4n) is 1.83. The van der Waals surface area contributed by atoms with Gasteiger partial charge in [0.15, 0.2) is 0 Å². The van der Waals surface area contributed by atoms with Crippen LogP contribution in [0.5, 0.6) is 5.75 Å². The molecule has 0 saturated heterocycles. The molecule has 0 aliphatic rings. The minimum atomic E-state index is -0.0544. The molecule has 1 amide bonds. The average Bonchev–Trinajstić information content (AvgIpc) is 2.69. The highest BCUT2D eigenvalue weighted by Gasteiger charge is 2.09. The fourth-order valence-corrected chi connectivity index (χ4v) is 1.83. The average molecular weight is 247 g/mol. The SMILES string of the molecule is CC(N)CNC(=O)Cc1c[nH]c2cc(O)ccc12. The second kappa shape index (κ2) is 5.10. The second-order valence-electron chi connectivity index (χ2n) is 4.50. The number of aromatic amines is 1. The Kier molecular flexibility index (Phi) is 3.53. The number of rotatable bonds is 4. The molecule has 1 atom stereocenters. The first-order chi connectivity index (χ1) is 8.56. The number of aromatic hydroxyl groups is 1. The summed E-state index contributed by atoms with van der Waals surface area (Å²) in [5.74, 6) is 0.151. The lowest BCUT2D eigenvalue weighted by Crippen LogP contribution is -2.35. The van der Waals surface area contributed by atoms with Gasteiger partial charge in [-0.05, 0) is 24.6 Å². The first-order valence-corrected chi connectivity index (χ1v) is 5.87. The molecule has 0 aliphatic carbocycles. The number of carbonyl (C=O) groups is 1. The molecule has 0 radical (unpaired) electrons. The van der Waals surface area contributed by atoms with Crippen molar-refractivity contribution in [2.45, 2.75) is 19.4 Å². The lowest BCUT2D eigenvalue weighted by molar-refractivity contribution is -0.120. The number of H-pyrrole nitrogens is 1. The summed E-state index contributed by atoms with van der Waals surface area (Å²) in [5.41, 5.74) is 7.31. The number of phenolic OH excluding ortho intramolecular Hbond substituents is 1. The van der Waals surface area contributed by atoms with Gasteiger partial charge in [-0.3, -0.25) is 4.79 Å². The van der Waals surface area contributed by atoms with Crippen LogP contribution < -0.4 is 11.1 Å². The van der Waals surface area contributed by atoms with Gasteiger partial charge < -0.3 is 21.1 Å². The Labute approximate surface area is 105 Å². The lowest BCUT2D eigenvalue weighted by Gasteiger charge is -2.07. The maximum Gasteiger partial charge on any atom is 0.224 e. The van der Waals surface area contributed by atoms with Gasteiger partial charge in [0, 0.05) is 35.8 Å². The molecule has 0 bridgehead atoms. The maximum absolute atomic E-state index is 11.7. The van der Waals surface area contributed by atoms with Crippen LogP contribution in [0.15, 0.2) is 24.4 Å². The molecule has 0 aliphatic heterocycles. The zero-order chi connectivity index (χ0) is 13.1. The van der Waals surface area contributed by atoms with Gasteiger partial charge in [0.25, 0.3) is 0 Å². The van der Waals surface area contributed by atoms with E-state index in [1.54, 1.807) is 24.4 Å². The van der Waals surface area contributed by atoms with Crippen molar-refractivity contribution in [1.29, 1.82) is 0 Å². The third kappa shape index (κ3) is 2.81. The Hall–Kier alpha value is -2.01. The molecule has 0 saturated carbocycles.